The lowest BCUT2D eigenvalue weighted by atomic mass is 10.1. The molecule has 1 aliphatic rings. The highest BCUT2D eigenvalue weighted by Crippen LogP contribution is 2.18. The summed E-state index contributed by atoms with van der Waals surface area (Å²) in [6.07, 6.45) is 4.12. The molecule has 0 radical (unpaired) electrons. The maximum absolute atomic E-state index is 12.7. The van der Waals surface area contributed by atoms with Crippen LogP contribution in [-0.2, 0) is 22.6 Å². The van der Waals surface area contributed by atoms with Gasteiger partial charge in [0.25, 0.3) is 0 Å². The number of ether oxygens (including phenoxy) is 2. The average Bonchev–Trinajstić information content (AvgIpc) is 2.72. The SMILES string of the molecule is NCCOc1cccc(CC(=O)N2CCCC(OCc3ccccn3)C2)c1. The minimum atomic E-state index is 0.0592. The molecule has 2 N–H and O–H groups in total. The smallest absolute Gasteiger partial charge is 0.227 e. The molecule has 27 heavy (non-hydrogen) atoms. The number of amides is 1. The number of nitrogens with zero attached hydrogens (tertiary/aromatic N) is 2. The summed E-state index contributed by atoms with van der Waals surface area (Å²) in [5, 5.41) is 0. The van der Waals surface area contributed by atoms with Gasteiger partial charge in [0, 0.05) is 25.8 Å². The van der Waals surface area contributed by atoms with Gasteiger partial charge in [-0.05, 0) is 42.7 Å². The Hall–Kier alpha value is -2.44. The van der Waals surface area contributed by atoms with E-state index < -0.39 is 0 Å². The first-order valence-corrected chi connectivity index (χ1v) is 9.45. The van der Waals surface area contributed by atoms with Gasteiger partial charge >= 0.3 is 0 Å². The number of nitrogens with two attached hydrogens (primary N) is 1. The molecule has 2 heterocycles. The number of benzene rings is 1. The van der Waals surface area contributed by atoms with Crippen molar-refractivity contribution in [1.82, 2.24) is 9.88 Å². The van der Waals surface area contributed by atoms with E-state index in [1.807, 2.05) is 47.4 Å². The van der Waals surface area contributed by atoms with Crippen molar-refractivity contribution < 1.29 is 14.3 Å². The van der Waals surface area contributed by atoms with E-state index in [1.165, 1.54) is 0 Å². The van der Waals surface area contributed by atoms with Gasteiger partial charge in [-0.15, -0.1) is 0 Å². The van der Waals surface area contributed by atoms with Crippen LogP contribution in [0.5, 0.6) is 5.75 Å². The third-order valence-corrected chi connectivity index (χ3v) is 4.56. The molecule has 0 spiro atoms. The molecule has 0 saturated carbocycles. The molecule has 144 valence electrons. The molecule has 3 rings (SSSR count). The molecule has 1 fully saturated rings. The second-order valence-corrected chi connectivity index (χ2v) is 6.70. The molecular formula is C21H27N3O3. The van der Waals surface area contributed by atoms with Crippen molar-refractivity contribution in [3.8, 4) is 5.75 Å². The summed E-state index contributed by atoms with van der Waals surface area (Å²) in [5.74, 6) is 0.873. The number of carbonyl (C=O) groups is 1. The summed E-state index contributed by atoms with van der Waals surface area (Å²) in [7, 11) is 0. The van der Waals surface area contributed by atoms with Gasteiger partial charge in [0.1, 0.15) is 12.4 Å². The molecule has 1 aromatic heterocycles. The second-order valence-electron chi connectivity index (χ2n) is 6.70. The molecule has 1 amide bonds. The average molecular weight is 369 g/mol. The van der Waals surface area contributed by atoms with Gasteiger partial charge in [0.15, 0.2) is 0 Å². The fourth-order valence-electron chi connectivity index (χ4n) is 3.20. The van der Waals surface area contributed by atoms with Crippen molar-refractivity contribution in [2.24, 2.45) is 5.73 Å². The fraction of sp³-hybridized carbons (Fsp3) is 0.429. The van der Waals surface area contributed by atoms with Crippen LogP contribution in [0, 0.1) is 0 Å². The van der Waals surface area contributed by atoms with Crippen molar-refractivity contribution in [3.63, 3.8) is 0 Å². The Morgan fingerprint density at radius 3 is 3.00 bits per heavy atom. The van der Waals surface area contributed by atoms with Crippen molar-refractivity contribution in [1.29, 1.82) is 0 Å². The highest BCUT2D eigenvalue weighted by molar-refractivity contribution is 5.79. The van der Waals surface area contributed by atoms with E-state index in [1.54, 1.807) is 6.20 Å². The zero-order valence-electron chi connectivity index (χ0n) is 15.5. The summed E-state index contributed by atoms with van der Waals surface area (Å²) in [6.45, 7) is 2.84. The lowest BCUT2D eigenvalue weighted by Gasteiger charge is -2.32. The summed E-state index contributed by atoms with van der Waals surface area (Å²) >= 11 is 0. The topological polar surface area (TPSA) is 77.7 Å². The number of hydrogen-bond donors (Lipinski definition) is 1. The van der Waals surface area contributed by atoms with E-state index in [-0.39, 0.29) is 12.0 Å². The predicted molar refractivity (Wildman–Crippen MR) is 103 cm³/mol. The van der Waals surface area contributed by atoms with Gasteiger partial charge < -0.3 is 20.1 Å². The Bertz CT molecular complexity index is 724. The van der Waals surface area contributed by atoms with E-state index in [2.05, 4.69) is 4.98 Å². The molecule has 1 unspecified atom stereocenters. The summed E-state index contributed by atoms with van der Waals surface area (Å²) < 4.78 is 11.5. The number of aromatic nitrogens is 1. The van der Waals surface area contributed by atoms with E-state index >= 15 is 0 Å². The molecule has 0 bridgehead atoms. The molecule has 2 aromatic rings. The molecule has 1 aliphatic heterocycles. The van der Waals surface area contributed by atoms with Crippen LogP contribution in [0.25, 0.3) is 0 Å². The number of likely N-dealkylation sites (tertiary alicyclic amines) is 1. The summed E-state index contributed by atoms with van der Waals surface area (Å²) in [4.78, 5) is 18.9. The van der Waals surface area contributed by atoms with Crippen LogP contribution in [0.2, 0.25) is 0 Å². The van der Waals surface area contributed by atoms with Crippen LogP contribution in [0.4, 0.5) is 0 Å². The largest absolute Gasteiger partial charge is 0.492 e. The van der Waals surface area contributed by atoms with Crippen molar-refractivity contribution in [2.45, 2.75) is 32.0 Å². The van der Waals surface area contributed by atoms with Crippen LogP contribution in [-0.4, -0.2) is 48.1 Å². The molecule has 0 aliphatic carbocycles. The molecule has 6 nitrogen and oxygen atoms in total. The van der Waals surface area contributed by atoms with Crippen LogP contribution in [0.15, 0.2) is 48.7 Å². The highest BCUT2D eigenvalue weighted by atomic mass is 16.5. The molecule has 1 atom stereocenters. The quantitative estimate of drug-likeness (QED) is 0.772. The Balaban J connectivity index is 1.50. The Kier molecular flexibility index (Phi) is 7.19. The van der Waals surface area contributed by atoms with Gasteiger partial charge in [-0.25, -0.2) is 0 Å². The van der Waals surface area contributed by atoms with E-state index in [4.69, 9.17) is 15.2 Å². The summed E-state index contributed by atoms with van der Waals surface area (Å²) in [6, 6.07) is 13.4. The predicted octanol–water partition coefficient (Wildman–Crippen LogP) is 2.17. The van der Waals surface area contributed by atoms with Crippen molar-refractivity contribution in [2.75, 3.05) is 26.2 Å². The normalized spacial score (nSPS) is 16.9. The number of carbonyl (C=O) groups excluding carboxylic acids is 1. The highest BCUT2D eigenvalue weighted by Gasteiger charge is 2.24. The first-order chi connectivity index (χ1) is 13.2. The lowest BCUT2D eigenvalue weighted by Crippen LogP contribution is -2.43. The molecule has 1 aromatic carbocycles. The van der Waals surface area contributed by atoms with Gasteiger partial charge in [-0.1, -0.05) is 18.2 Å². The maximum atomic E-state index is 12.7. The lowest BCUT2D eigenvalue weighted by molar-refractivity contribution is -0.134. The Morgan fingerprint density at radius 1 is 1.26 bits per heavy atom. The van der Waals surface area contributed by atoms with Crippen LogP contribution >= 0.6 is 0 Å². The monoisotopic (exact) mass is 369 g/mol. The third-order valence-electron chi connectivity index (χ3n) is 4.56. The molecule has 1 saturated heterocycles. The minimum Gasteiger partial charge on any atom is -0.492 e. The number of hydrogen-bond acceptors (Lipinski definition) is 5. The van der Waals surface area contributed by atoms with Gasteiger partial charge in [0.05, 0.1) is 24.8 Å². The Morgan fingerprint density at radius 2 is 2.19 bits per heavy atom. The Labute approximate surface area is 160 Å². The minimum absolute atomic E-state index is 0.0592. The standard InChI is InChI=1S/C21H27N3O3/c22-9-12-26-19-7-3-5-17(13-19)14-21(25)24-11-4-8-20(15-24)27-16-18-6-1-2-10-23-18/h1-3,5-7,10,13,20H,4,8-9,11-12,14-16,22H2. The molecule has 6 heteroatoms. The first kappa shape index (κ1) is 19.3. The van der Waals surface area contributed by atoms with Crippen LogP contribution in [0.1, 0.15) is 24.1 Å². The van der Waals surface area contributed by atoms with Gasteiger partial charge in [-0.2, -0.15) is 0 Å². The van der Waals surface area contributed by atoms with Gasteiger partial charge in [-0.3, -0.25) is 9.78 Å². The van der Waals surface area contributed by atoms with Crippen molar-refractivity contribution >= 4 is 5.91 Å². The zero-order chi connectivity index (χ0) is 18.9. The number of pyridine rings is 1. The number of rotatable bonds is 8. The summed E-state index contributed by atoms with van der Waals surface area (Å²) in [5.41, 5.74) is 7.33. The van der Waals surface area contributed by atoms with Crippen LogP contribution in [0.3, 0.4) is 0 Å². The molecular weight excluding hydrogens is 342 g/mol. The van der Waals surface area contributed by atoms with E-state index in [0.717, 1.165) is 36.4 Å². The second kappa shape index (κ2) is 10.0. The third kappa shape index (κ3) is 6.05. The van der Waals surface area contributed by atoms with Crippen molar-refractivity contribution in [3.05, 3.63) is 59.9 Å². The van der Waals surface area contributed by atoms with E-state index in [0.29, 0.717) is 32.7 Å². The number of piperidine rings is 1. The van der Waals surface area contributed by atoms with E-state index in [9.17, 15) is 4.79 Å². The van der Waals surface area contributed by atoms with Crippen LogP contribution < -0.4 is 10.5 Å². The fourth-order valence-corrected chi connectivity index (χ4v) is 3.20. The zero-order valence-corrected chi connectivity index (χ0v) is 15.5. The maximum Gasteiger partial charge on any atom is 0.227 e. The first-order valence-electron chi connectivity index (χ1n) is 9.45. The van der Waals surface area contributed by atoms with Gasteiger partial charge in [0.2, 0.25) is 5.91 Å².